The van der Waals surface area contributed by atoms with Gasteiger partial charge in [0, 0.05) is 6.04 Å². The zero-order valence-corrected chi connectivity index (χ0v) is 12.5. The number of nitrogens with one attached hydrogen (secondary N) is 1. The summed E-state index contributed by atoms with van der Waals surface area (Å²) in [6, 6.07) is 6.87. The molecule has 3 rings (SSSR count). The number of rotatable bonds is 7. The molecule has 3 nitrogen and oxygen atoms in total. The molecule has 3 heteroatoms. The van der Waals surface area contributed by atoms with Gasteiger partial charge in [-0.2, -0.15) is 0 Å². The van der Waals surface area contributed by atoms with Gasteiger partial charge < -0.3 is 15.2 Å². The average molecular weight is 275 g/mol. The van der Waals surface area contributed by atoms with Crippen LogP contribution in [0.2, 0.25) is 0 Å². The van der Waals surface area contributed by atoms with Crippen molar-refractivity contribution in [3.8, 4) is 5.75 Å². The highest BCUT2D eigenvalue weighted by Gasteiger charge is 2.48. The number of aliphatic hydroxyl groups excluding tert-OH is 1. The maximum absolute atomic E-state index is 9.92. The van der Waals surface area contributed by atoms with E-state index in [1.807, 2.05) is 0 Å². The summed E-state index contributed by atoms with van der Waals surface area (Å²) in [5.41, 5.74) is 2.13. The molecule has 0 aromatic heterocycles. The van der Waals surface area contributed by atoms with Gasteiger partial charge in [-0.15, -0.1) is 0 Å². The van der Waals surface area contributed by atoms with E-state index in [0.717, 1.165) is 11.3 Å². The third kappa shape index (κ3) is 2.99. The van der Waals surface area contributed by atoms with Crippen LogP contribution >= 0.6 is 0 Å². The molecule has 0 radical (unpaired) electrons. The number of hydrogen-bond donors (Lipinski definition) is 2. The number of hydrogen-bond acceptors (Lipinski definition) is 3. The fourth-order valence-corrected chi connectivity index (χ4v) is 2.84. The van der Waals surface area contributed by atoms with Crippen LogP contribution in [0.3, 0.4) is 0 Å². The first kappa shape index (κ1) is 13.9. The van der Waals surface area contributed by atoms with Gasteiger partial charge in [0.05, 0.1) is 12.1 Å². The molecule has 2 fully saturated rings. The highest BCUT2D eigenvalue weighted by molar-refractivity contribution is 5.36. The van der Waals surface area contributed by atoms with Crippen molar-refractivity contribution in [1.29, 1.82) is 0 Å². The molecule has 0 spiro atoms. The lowest BCUT2D eigenvalue weighted by Gasteiger charge is -2.33. The lowest BCUT2D eigenvalue weighted by atomic mass is 9.95. The number of aliphatic hydroxyl groups is 1. The first-order valence-corrected chi connectivity index (χ1v) is 7.71. The van der Waals surface area contributed by atoms with E-state index in [1.54, 1.807) is 0 Å². The molecule has 1 aromatic carbocycles. The topological polar surface area (TPSA) is 41.5 Å². The second kappa shape index (κ2) is 5.38. The first-order chi connectivity index (χ1) is 9.63. The van der Waals surface area contributed by atoms with Crippen LogP contribution in [0.5, 0.6) is 5.75 Å². The zero-order valence-electron chi connectivity index (χ0n) is 12.5. The molecular weight excluding hydrogens is 250 g/mol. The summed E-state index contributed by atoms with van der Waals surface area (Å²) in [6.45, 7) is 4.88. The Kier molecular flexibility index (Phi) is 3.74. The largest absolute Gasteiger partial charge is 0.491 e. The molecule has 2 aliphatic carbocycles. The second-order valence-electron chi connectivity index (χ2n) is 6.56. The lowest BCUT2D eigenvalue weighted by molar-refractivity contribution is 0.0828. The highest BCUT2D eigenvalue weighted by Crippen LogP contribution is 2.41. The van der Waals surface area contributed by atoms with E-state index in [2.05, 4.69) is 37.4 Å². The number of ether oxygens (including phenoxy) is 1. The van der Waals surface area contributed by atoms with Gasteiger partial charge in [0.1, 0.15) is 12.4 Å². The van der Waals surface area contributed by atoms with E-state index in [1.165, 1.54) is 31.2 Å². The Balaban J connectivity index is 1.71. The first-order valence-electron chi connectivity index (χ1n) is 7.71. The maximum Gasteiger partial charge on any atom is 0.122 e. The summed E-state index contributed by atoms with van der Waals surface area (Å²) < 4.78 is 6.08. The minimum atomic E-state index is -0.239. The standard InChI is InChI=1S/C17H25NO2/c1-12-3-4-13(2)16(9-12)20-11-17(10-19,14-5-6-14)18-15-7-8-15/h3-4,9,14-15,18-19H,5-8,10-11H2,1-2H3. The fraction of sp³-hybridized carbons (Fsp3) is 0.647. The monoisotopic (exact) mass is 275 g/mol. The molecule has 0 aliphatic heterocycles. The Morgan fingerprint density at radius 2 is 2.00 bits per heavy atom. The lowest BCUT2D eigenvalue weighted by Crippen LogP contribution is -2.56. The minimum absolute atomic E-state index is 0.166. The van der Waals surface area contributed by atoms with Crippen LogP contribution in [0, 0.1) is 19.8 Å². The Hall–Kier alpha value is -1.06. The van der Waals surface area contributed by atoms with E-state index in [9.17, 15) is 5.11 Å². The molecule has 2 saturated carbocycles. The third-order valence-corrected chi connectivity index (χ3v) is 4.54. The predicted molar refractivity (Wildman–Crippen MR) is 80.1 cm³/mol. The molecule has 2 aliphatic rings. The molecule has 1 aromatic rings. The summed E-state index contributed by atoms with van der Waals surface area (Å²) >= 11 is 0. The predicted octanol–water partition coefficient (Wildman–Crippen LogP) is 2.58. The quantitative estimate of drug-likeness (QED) is 0.803. The summed E-state index contributed by atoms with van der Waals surface area (Å²) in [5.74, 6) is 1.51. The molecule has 110 valence electrons. The average Bonchev–Trinajstić information content (AvgIpc) is 3.30. The Morgan fingerprint density at radius 3 is 2.60 bits per heavy atom. The van der Waals surface area contributed by atoms with Gasteiger partial charge >= 0.3 is 0 Å². The van der Waals surface area contributed by atoms with Crippen LogP contribution in [-0.2, 0) is 0 Å². The van der Waals surface area contributed by atoms with Gasteiger partial charge in [0.2, 0.25) is 0 Å². The molecule has 0 amide bonds. The molecule has 1 atom stereocenters. The van der Waals surface area contributed by atoms with Gasteiger partial charge in [-0.05, 0) is 62.6 Å². The van der Waals surface area contributed by atoms with E-state index in [4.69, 9.17) is 4.74 Å². The normalized spacial score (nSPS) is 21.6. The van der Waals surface area contributed by atoms with Crippen molar-refractivity contribution in [2.24, 2.45) is 5.92 Å². The summed E-state index contributed by atoms with van der Waals surface area (Å²) in [6.07, 6.45) is 4.88. The molecule has 1 unspecified atom stereocenters. The second-order valence-corrected chi connectivity index (χ2v) is 6.56. The van der Waals surface area contributed by atoms with Crippen LogP contribution in [-0.4, -0.2) is 29.9 Å². The van der Waals surface area contributed by atoms with Crippen LogP contribution in [0.1, 0.15) is 36.8 Å². The highest BCUT2D eigenvalue weighted by atomic mass is 16.5. The van der Waals surface area contributed by atoms with Crippen molar-refractivity contribution in [2.75, 3.05) is 13.2 Å². The van der Waals surface area contributed by atoms with Crippen LogP contribution in [0.25, 0.3) is 0 Å². The van der Waals surface area contributed by atoms with Crippen molar-refractivity contribution < 1.29 is 9.84 Å². The third-order valence-electron chi connectivity index (χ3n) is 4.54. The van der Waals surface area contributed by atoms with E-state index in [0.29, 0.717) is 18.6 Å². The minimum Gasteiger partial charge on any atom is -0.491 e. The van der Waals surface area contributed by atoms with Crippen LogP contribution < -0.4 is 10.1 Å². The van der Waals surface area contributed by atoms with E-state index in [-0.39, 0.29) is 12.1 Å². The van der Waals surface area contributed by atoms with Crippen molar-refractivity contribution >= 4 is 0 Å². The van der Waals surface area contributed by atoms with Crippen molar-refractivity contribution in [2.45, 2.75) is 51.1 Å². The van der Waals surface area contributed by atoms with Gasteiger partial charge in [-0.25, -0.2) is 0 Å². The molecule has 0 bridgehead atoms. The smallest absolute Gasteiger partial charge is 0.122 e. The SMILES string of the molecule is Cc1ccc(C)c(OCC(CO)(NC2CC2)C2CC2)c1. The maximum atomic E-state index is 9.92. The molecule has 0 saturated heterocycles. The molecular formula is C17H25NO2. The number of benzene rings is 1. The van der Waals surface area contributed by atoms with Gasteiger partial charge in [0.25, 0.3) is 0 Å². The van der Waals surface area contributed by atoms with E-state index < -0.39 is 0 Å². The van der Waals surface area contributed by atoms with Gasteiger partial charge in [-0.3, -0.25) is 0 Å². The molecule has 20 heavy (non-hydrogen) atoms. The Labute approximate surface area is 121 Å². The van der Waals surface area contributed by atoms with Crippen LogP contribution in [0.15, 0.2) is 18.2 Å². The zero-order chi connectivity index (χ0) is 14.2. The Bertz CT molecular complexity index is 480. The Morgan fingerprint density at radius 1 is 1.25 bits per heavy atom. The summed E-state index contributed by atoms with van der Waals surface area (Å²) in [7, 11) is 0. The van der Waals surface area contributed by atoms with Crippen LogP contribution in [0.4, 0.5) is 0 Å². The van der Waals surface area contributed by atoms with Gasteiger partial charge in [0.15, 0.2) is 0 Å². The summed E-state index contributed by atoms with van der Waals surface area (Å²) in [4.78, 5) is 0. The fourth-order valence-electron chi connectivity index (χ4n) is 2.84. The van der Waals surface area contributed by atoms with E-state index >= 15 is 0 Å². The molecule has 0 heterocycles. The number of aryl methyl sites for hydroxylation is 2. The van der Waals surface area contributed by atoms with Crippen molar-refractivity contribution in [3.05, 3.63) is 29.3 Å². The van der Waals surface area contributed by atoms with Gasteiger partial charge in [-0.1, -0.05) is 12.1 Å². The van der Waals surface area contributed by atoms with Crippen molar-refractivity contribution in [1.82, 2.24) is 5.32 Å². The summed E-state index contributed by atoms with van der Waals surface area (Å²) in [5, 5.41) is 13.6. The van der Waals surface area contributed by atoms with Crippen molar-refractivity contribution in [3.63, 3.8) is 0 Å². The molecule has 2 N–H and O–H groups in total.